The summed E-state index contributed by atoms with van der Waals surface area (Å²) in [6.07, 6.45) is -0.870. The van der Waals surface area contributed by atoms with Gasteiger partial charge in [0, 0.05) is 6.42 Å². The number of aryl methyl sites for hydroxylation is 1. The second kappa shape index (κ2) is 5.34. The monoisotopic (exact) mass is 319 g/mol. The highest BCUT2D eigenvalue weighted by molar-refractivity contribution is 7.89. The molecule has 1 aliphatic rings. The Labute approximate surface area is 121 Å². The number of alkyl halides is 2. The number of rotatable bonds is 3. The summed E-state index contributed by atoms with van der Waals surface area (Å²) in [4.78, 5) is 11.5. The number of carbonyl (C=O) groups excluding carboxylic acids is 1. The number of methoxy groups -OCH3 is 1. The van der Waals surface area contributed by atoms with Crippen LogP contribution in [0.1, 0.15) is 12.0 Å². The molecule has 116 valence electrons. The van der Waals surface area contributed by atoms with Crippen LogP contribution in [0.4, 0.5) is 8.78 Å². The Morgan fingerprint density at radius 3 is 2.43 bits per heavy atom. The second-order valence-electron chi connectivity index (χ2n) is 4.96. The Kier molecular flexibility index (Phi) is 4.03. The van der Waals surface area contributed by atoms with Gasteiger partial charge in [-0.05, 0) is 19.1 Å². The van der Waals surface area contributed by atoms with Crippen LogP contribution < -0.4 is 0 Å². The lowest BCUT2D eigenvalue weighted by molar-refractivity contribution is -0.144. The van der Waals surface area contributed by atoms with Crippen LogP contribution in [0, 0.1) is 6.92 Å². The van der Waals surface area contributed by atoms with E-state index in [1.165, 1.54) is 12.1 Å². The van der Waals surface area contributed by atoms with Crippen molar-refractivity contribution in [2.75, 3.05) is 13.7 Å². The maximum absolute atomic E-state index is 13.5. The number of nitrogens with zero attached hydrogens (tertiary/aromatic N) is 1. The molecule has 1 aromatic rings. The molecule has 0 bridgehead atoms. The molecule has 0 unspecified atom stereocenters. The van der Waals surface area contributed by atoms with E-state index < -0.39 is 40.9 Å². The molecule has 0 N–H and O–H groups in total. The summed E-state index contributed by atoms with van der Waals surface area (Å²) >= 11 is 0. The summed E-state index contributed by atoms with van der Waals surface area (Å²) < 4.78 is 56.9. The van der Waals surface area contributed by atoms with Gasteiger partial charge in [-0.25, -0.2) is 17.2 Å². The Bertz CT molecular complexity index is 643. The van der Waals surface area contributed by atoms with Crippen molar-refractivity contribution in [2.24, 2.45) is 0 Å². The third kappa shape index (κ3) is 3.06. The summed E-state index contributed by atoms with van der Waals surface area (Å²) in [5, 5.41) is 0. The topological polar surface area (TPSA) is 63.7 Å². The lowest BCUT2D eigenvalue weighted by atomic mass is 10.2. The Morgan fingerprint density at radius 1 is 1.33 bits per heavy atom. The van der Waals surface area contributed by atoms with Crippen molar-refractivity contribution in [3.63, 3.8) is 0 Å². The third-order valence-electron chi connectivity index (χ3n) is 3.33. The predicted octanol–water partition coefficient (Wildman–Crippen LogP) is 1.57. The van der Waals surface area contributed by atoms with Gasteiger partial charge in [0.1, 0.15) is 6.04 Å². The fraction of sp³-hybridized carbons (Fsp3) is 0.462. The lowest BCUT2D eigenvalue weighted by Gasteiger charge is -2.21. The van der Waals surface area contributed by atoms with Gasteiger partial charge >= 0.3 is 5.97 Å². The van der Waals surface area contributed by atoms with E-state index in [1.54, 1.807) is 19.1 Å². The quantitative estimate of drug-likeness (QED) is 0.793. The lowest BCUT2D eigenvalue weighted by Crippen LogP contribution is -2.41. The minimum Gasteiger partial charge on any atom is -0.468 e. The van der Waals surface area contributed by atoms with E-state index in [2.05, 4.69) is 4.74 Å². The Morgan fingerprint density at radius 2 is 1.90 bits per heavy atom. The average Bonchev–Trinajstić information content (AvgIpc) is 2.75. The first-order chi connectivity index (χ1) is 9.67. The van der Waals surface area contributed by atoms with Crippen molar-refractivity contribution in [3.05, 3.63) is 29.8 Å². The SMILES string of the molecule is COC(=O)[C@@H]1CC(F)(F)CN1S(=O)(=O)c1ccc(C)cc1. The summed E-state index contributed by atoms with van der Waals surface area (Å²) in [6, 6.07) is 4.28. The molecule has 1 heterocycles. The van der Waals surface area contributed by atoms with Gasteiger partial charge in [-0.1, -0.05) is 17.7 Å². The molecule has 0 spiro atoms. The first-order valence-corrected chi connectivity index (χ1v) is 7.65. The third-order valence-corrected chi connectivity index (χ3v) is 5.20. The van der Waals surface area contributed by atoms with Crippen LogP contribution in [0.25, 0.3) is 0 Å². The van der Waals surface area contributed by atoms with Gasteiger partial charge in [0.15, 0.2) is 0 Å². The van der Waals surface area contributed by atoms with Crippen LogP contribution in [0.5, 0.6) is 0 Å². The fourth-order valence-electron chi connectivity index (χ4n) is 2.22. The smallest absolute Gasteiger partial charge is 0.324 e. The molecule has 0 aliphatic carbocycles. The highest BCUT2D eigenvalue weighted by Gasteiger charge is 2.53. The standard InChI is InChI=1S/C13H15F2NO4S/c1-9-3-5-10(6-4-9)21(18,19)16-8-13(14,15)7-11(16)12(17)20-2/h3-6,11H,7-8H2,1-2H3/t11-/m0/s1. The number of benzene rings is 1. The molecule has 1 atom stereocenters. The highest BCUT2D eigenvalue weighted by Crippen LogP contribution is 2.36. The number of hydrogen-bond donors (Lipinski definition) is 0. The molecular formula is C13H15F2NO4S. The molecule has 5 nitrogen and oxygen atoms in total. The van der Waals surface area contributed by atoms with Crippen molar-refractivity contribution in [1.29, 1.82) is 0 Å². The van der Waals surface area contributed by atoms with Crippen LogP contribution in [0.15, 0.2) is 29.2 Å². The van der Waals surface area contributed by atoms with E-state index in [0.29, 0.717) is 4.31 Å². The predicted molar refractivity (Wildman–Crippen MR) is 70.4 cm³/mol. The van der Waals surface area contributed by atoms with Gasteiger partial charge in [-0.3, -0.25) is 4.79 Å². The van der Waals surface area contributed by atoms with Gasteiger partial charge in [-0.2, -0.15) is 4.31 Å². The summed E-state index contributed by atoms with van der Waals surface area (Å²) in [6.45, 7) is 0.751. The molecule has 0 aromatic heterocycles. The minimum absolute atomic E-state index is 0.125. The largest absolute Gasteiger partial charge is 0.468 e. The van der Waals surface area contributed by atoms with Crippen molar-refractivity contribution < 1.29 is 26.7 Å². The first-order valence-electron chi connectivity index (χ1n) is 6.21. The maximum Gasteiger partial charge on any atom is 0.324 e. The molecule has 1 fully saturated rings. The van der Waals surface area contributed by atoms with E-state index in [0.717, 1.165) is 12.7 Å². The first kappa shape index (κ1) is 15.8. The minimum atomic E-state index is -4.18. The molecule has 0 radical (unpaired) electrons. The highest BCUT2D eigenvalue weighted by atomic mass is 32.2. The maximum atomic E-state index is 13.5. The molecule has 21 heavy (non-hydrogen) atoms. The van der Waals surface area contributed by atoms with Crippen LogP contribution >= 0.6 is 0 Å². The molecule has 1 aliphatic heterocycles. The number of carbonyl (C=O) groups is 1. The zero-order chi connectivity index (χ0) is 15.8. The summed E-state index contributed by atoms with van der Waals surface area (Å²) in [5.74, 6) is -4.24. The molecular weight excluding hydrogens is 304 g/mol. The van der Waals surface area contributed by atoms with Crippen molar-refractivity contribution in [1.82, 2.24) is 4.31 Å². The normalized spacial score (nSPS) is 22.2. The molecule has 1 aromatic carbocycles. The summed E-state index contributed by atoms with van der Waals surface area (Å²) in [7, 11) is -3.14. The van der Waals surface area contributed by atoms with Crippen LogP contribution in [-0.2, 0) is 19.6 Å². The number of hydrogen-bond acceptors (Lipinski definition) is 4. The Balaban J connectivity index is 2.41. The number of ether oxygens (including phenoxy) is 1. The zero-order valence-corrected chi connectivity index (χ0v) is 12.4. The fourth-order valence-corrected chi connectivity index (χ4v) is 3.83. The van der Waals surface area contributed by atoms with Gasteiger partial charge in [0.2, 0.25) is 10.0 Å². The average molecular weight is 319 g/mol. The molecule has 0 saturated carbocycles. The number of sulfonamides is 1. The van der Waals surface area contributed by atoms with Gasteiger partial charge < -0.3 is 4.74 Å². The van der Waals surface area contributed by atoms with Crippen LogP contribution in [-0.4, -0.2) is 44.3 Å². The van der Waals surface area contributed by atoms with Gasteiger partial charge in [-0.15, -0.1) is 0 Å². The van der Waals surface area contributed by atoms with E-state index in [4.69, 9.17) is 0 Å². The zero-order valence-electron chi connectivity index (χ0n) is 11.5. The molecule has 0 amide bonds. The summed E-state index contributed by atoms with van der Waals surface area (Å²) in [5.41, 5.74) is 0.838. The van der Waals surface area contributed by atoms with E-state index in [-0.39, 0.29) is 4.90 Å². The Hall–Kier alpha value is -1.54. The van der Waals surface area contributed by atoms with Crippen molar-refractivity contribution >= 4 is 16.0 Å². The van der Waals surface area contributed by atoms with E-state index in [1.807, 2.05) is 0 Å². The van der Waals surface area contributed by atoms with Gasteiger partial charge in [0.25, 0.3) is 5.92 Å². The van der Waals surface area contributed by atoms with Crippen molar-refractivity contribution in [2.45, 2.75) is 30.2 Å². The van der Waals surface area contributed by atoms with E-state index in [9.17, 15) is 22.0 Å². The number of esters is 1. The molecule has 1 saturated heterocycles. The van der Waals surface area contributed by atoms with Crippen LogP contribution in [0.3, 0.4) is 0 Å². The van der Waals surface area contributed by atoms with Crippen LogP contribution in [0.2, 0.25) is 0 Å². The molecule has 8 heteroatoms. The van der Waals surface area contributed by atoms with Crippen molar-refractivity contribution in [3.8, 4) is 0 Å². The van der Waals surface area contributed by atoms with E-state index >= 15 is 0 Å². The van der Waals surface area contributed by atoms with Gasteiger partial charge in [0.05, 0.1) is 18.6 Å². The number of halogens is 2. The second-order valence-corrected chi connectivity index (χ2v) is 6.85. The molecule has 2 rings (SSSR count).